The highest BCUT2D eigenvalue weighted by Gasteiger charge is 2.34. The van der Waals surface area contributed by atoms with E-state index in [0.717, 1.165) is 4.57 Å². The van der Waals surface area contributed by atoms with Gasteiger partial charge < -0.3 is 20.3 Å². The Kier molecular flexibility index (Phi) is 5.63. The number of anilines is 2. The summed E-state index contributed by atoms with van der Waals surface area (Å²) in [6.45, 7) is -0.378. The second-order valence-corrected chi connectivity index (χ2v) is 6.00. The molecule has 12 nitrogen and oxygen atoms in total. The van der Waals surface area contributed by atoms with Gasteiger partial charge in [-0.15, -0.1) is 0 Å². The van der Waals surface area contributed by atoms with Crippen LogP contribution in [0, 0.1) is 10.1 Å². The molecule has 2 aromatic rings. The molecule has 2 amide bonds. The zero-order valence-electron chi connectivity index (χ0n) is 14.4. The van der Waals surface area contributed by atoms with E-state index in [9.17, 15) is 24.8 Å². The molecule has 3 rings (SSSR count). The zero-order valence-corrected chi connectivity index (χ0v) is 14.4. The minimum Gasteiger partial charge on any atom is -0.394 e. The number of carbonyl (C=O) groups excluding carboxylic acids is 1. The third-order valence-electron chi connectivity index (χ3n) is 4.08. The van der Waals surface area contributed by atoms with Crippen LogP contribution in [-0.2, 0) is 4.74 Å². The Bertz CT molecular complexity index is 947. The summed E-state index contributed by atoms with van der Waals surface area (Å²) in [5, 5.41) is 34.4. The lowest BCUT2D eigenvalue weighted by Gasteiger charge is -2.14. The van der Waals surface area contributed by atoms with Gasteiger partial charge in [-0.1, -0.05) is 6.07 Å². The first kappa shape index (κ1) is 19.4. The highest BCUT2D eigenvalue weighted by Crippen LogP contribution is 2.27. The van der Waals surface area contributed by atoms with E-state index in [1.165, 1.54) is 36.5 Å². The van der Waals surface area contributed by atoms with Crippen LogP contribution >= 0.6 is 0 Å². The van der Waals surface area contributed by atoms with Crippen LogP contribution in [0.15, 0.2) is 41.3 Å². The fourth-order valence-electron chi connectivity index (χ4n) is 2.73. The molecule has 0 radical (unpaired) electrons. The molecular formula is C16H17N5O7. The fourth-order valence-corrected chi connectivity index (χ4v) is 2.73. The number of ether oxygens (including phenoxy) is 1. The number of aliphatic hydroxyl groups is 2. The van der Waals surface area contributed by atoms with E-state index < -0.39 is 35.1 Å². The smallest absolute Gasteiger partial charge is 0.351 e. The summed E-state index contributed by atoms with van der Waals surface area (Å²) in [5.41, 5.74) is -0.703. The molecule has 3 atom stereocenters. The summed E-state index contributed by atoms with van der Waals surface area (Å²) < 4.78 is 6.53. The van der Waals surface area contributed by atoms with Gasteiger partial charge in [0.05, 0.1) is 17.6 Å². The normalized spacial score (nSPS) is 21.3. The minimum absolute atomic E-state index is 0.0403. The average Bonchev–Trinajstić information content (AvgIpc) is 3.02. The Morgan fingerprint density at radius 2 is 2.18 bits per heavy atom. The van der Waals surface area contributed by atoms with Crippen molar-refractivity contribution >= 4 is 23.2 Å². The van der Waals surface area contributed by atoms with Gasteiger partial charge in [0.1, 0.15) is 18.1 Å². The van der Waals surface area contributed by atoms with E-state index in [2.05, 4.69) is 15.6 Å². The van der Waals surface area contributed by atoms with Crippen LogP contribution in [0.2, 0.25) is 0 Å². The number of non-ortho nitro benzene ring substituents is 1. The number of aliphatic hydroxyl groups excluding tert-OH is 2. The first-order valence-corrected chi connectivity index (χ1v) is 8.23. The summed E-state index contributed by atoms with van der Waals surface area (Å²) in [5.74, 6) is -0.0403. The van der Waals surface area contributed by atoms with Gasteiger partial charge in [0, 0.05) is 30.4 Å². The Hall–Kier alpha value is -3.35. The predicted octanol–water partition coefficient (Wildman–Crippen LogP) is 0.436. The van der Waals surface area contributed by atoms with Gasteiger partial charge in [0.2, 0.25) is 0 Å². The van der Waals surface area contributed by atoms with Crippen molar-refractivity contribution in [2.75, 3.05) is 17.2 Å². The molecule has 1 aliphatic heterocycles. The molecule has 1 fully saturated rings. The standard InChI is InChI=1S/C16H17N5O7/c22-8-12-11(23)7-14(28-12)20-5-4-13(19-16(20)25)18-15(24)17-9-2-1-3-10(6-9)21(26)27/h1-6,11-12,14,22-23H,7-8H2,(H2,17,18,19,24,25)/t11-,12+,14+/m0/s1. The number of nitrogens with zero attached hydrogens (tertiary/aromatic N) is 3. The van der Waals surface area contributed by atoms with Gasteiger partial charge in [-0.3, -0.25) is 20.0 Å². The Morgan fingerprint density at radius 3 is 2.82 bits per heavy atom. The first-order valence-electron chi connectivity index (χ1n) is 8.23. The lowest BCUT2D eigenvalue weighted by molar-refractivity contribution is -0.384. The molecule has 1 aromatic heterocycles. The molecule has 12 heteroatoms. The van der Waals surface area contributed by atoms with E-state index in [0.29, 0.717) is 0 Å². The number of amides is 2. The number of aromatic nitrogens is 2. The lowest BCUT2D eigenvalue weighted by atomic mass is 10.2. The second-order valence-electron chi connectivity index (χ2n) is 6.00. The van der Waals surface area contributed by atoms with Crippen LogP contribution in [0.3, 0.4) is 0 Å². The Morgan fingerprint density at radius 1 is 1.39 bits per heavy atom. The fraction of sp³-hybridized carbons (Fsp3) is 0.312. The van der Waals surface area contributed by atoms with Gasteiger partial charge >= 0.3 is 11.7 Å². The number of benzene rings is 1. The summed E-state index contributed by atoms with van der Waals surface area (Å²) >= 11 is 0. The van der Waals surface area contributed by atoms with Crippen molar-refractivity contribution in [3.05, 3.63) is 57.1 Å². The van der Waals surface area contributed by atoms with E-state index in [1.807, 2.05) is 0 Å². The largest absolute Gasteiger partial charge is 0.394 e. The maximum atomic E-state index is 12.2. The third-order valence-corrected chi connectivity index (χ3v) is 4.08. The lowest BCUT2D eigenvalue weighted by Crippen LogP contribution is -2.29. The van der Waals surface area contributed by atoms with Crippen LogP contribution in [0.4, 0.5) is 22.0 Å². The van der Waals surface area contributed by atoms with Gasteiger partial charge in [-0.05, 0) is 12.1 Å². The topological polar surface area (TPSA) is 169 Å². The van der Waals surface area contributed by atoms with Crippen molar-refractivity contribution in [2.24, 2.45) is 0 Å². The number of hydrogen-bond donors (Lipinski definition) is 4. The first-order chi connectivity index (χ1) is 13.4. The van der Waals surface area contributed by atoms with E-state index in [4.69, 9.17) is 9.84 Å². The van der Waals surface area contributed by atoms with Gasteiger partial charge in [-0.2, -0.15) is 4.98 Å². The molecule has 0 unspecified atom stereocenters. The maximum absolute atomic E-state index is 12.2. The van der Waals surface area contributed by atoms with Crippen LogP contribution in [0.25, 0.3) is 0 Å². The number of nitrogens with one attached hydrogen (secondary N) is 2. The average molecular weight is 391 g/mol. The van der Waals surface area contributed by atoms with Crippen molar-refractivity contribution in [1.82, 2.24) is 9.55 Å². The number of urea groups is 1. The van der Waals surface area contributed by atoms with Gasteiger partial charge in [-0.25, -0.2) is 9.59 Å². The summed E-state index contributed by atoms with van der Waals surface area (Å²) in [4.78, 5) is 38.1. The van der Waals surface area contributed by atoms with E-state index in [-0.39, 0.29) is 30.2 Å². The second kappa shape index (κ2) is 8.12. The molecule has 1 aromatic carbocycles. The third kappa shape index (κ3) is 4.31. The van der Waals surface area contributed by atoms with Crippen LogP contribution in [-0.4, -0.2) is 49.5 Å². The number of hydrogen-bond acceptors (Lipinski definition) is 8. The van der Waals surface area contributed by atoms with E-state index >= 15 is 0 Å². The van der Waals surface area contributed by atoms with Crippen molar-refractivity contribution in [2.45, 2.75) is 24.9 Å². The maximum Gasteiger partial charge on any atom is 0.351 e. The predicted molar refractivity (Wildman–Crippen MR) is 95.9 cm³/mol. The van der Waals surface area contributed by atoms with Crippen molar-refractivity contribution in [1.29, 1.82) is 0 Å². The number of carbonyl (C=O) groups is 1. The Labute approximate surface area is 157 Å². The molecule has 4 N–H and O–H groups in total. The minimum atomic E-state index is -0.902. The number of nitro groups is 1. The molecule has 148 valence electrons. The SMILES string of the molecule is O=C(Nc1cccc([N+](=O)[O-])c1)Nc1ccn([C@H]2C[C@H](O)[C@@H](CO)O2)c(=O)n1. The Balaban J connectivity index is 1.66. The summed E-state index contributed by atoms with van der Waals surface area (Å²) in [6.07, 6.45) is -1.00. The van der Waals surface area contributed by atoms with E-state index in [1.54, 1.807) is 0 Å². The molecule has 1 aliphatic rings. The molecule has 0 spiro atoms. The molecule has 0 saturated carbocycles. The number of rotatable bonds is 5. The van der Waals surface area contributed by atoms with Crippen molar-refractivity contribution in [3.8, 4) is 0 Å². The van der Waals surface area contributed by atoms with Crippen LogP contribution in [0.5, 0.6) is 0 Å². The quantitative estimate of drug-likeness (QED) is 0.420. The molecule has 1 saturated heterocycles. The molecule has 0 aliphatic carbocycles. The summed E-state index contributed by atoms with van der Waals surface area (Å²) in [7, 11) is 0. The zero-order chi connectivity index (χ0) is 20.3. The highest BCUT2D eigenvalue weighted by atomic mass is 16.6. The summed E-state index contributed by atoms with van der Waals surface area (Å²) in [6, 6.07) is 5.98. The van der Waals surface area contributed by atoms with Gasteiger partial charge in [0.25, 0.3) is 5.69 Å². The highest BCUT2D eigenvalue weighted by molar-refractivity contribution is 5.99. The molecule has 28 heavy (non-hydrogen) atoms. The monoisotopic (exact) mass is 391 g/mol. The molecular weight excluding hydrogens is 374 g/mol. The van der Waals surface area contributed by atoms with Crippen LogP contribution < -0.4 is 16.3 Å². The number of nitro benzene ring substituents is 1. The molecule has 2 heterocycles. The molecule has 0 bridgehead atoms. The van der Waals surface area contributed by atoms with Crippen molar-refractivity contribution in [3.63, 3.8) is 0 Å². The van der Waals surface area contributed by atoms with Crippen molar-refractivity contribution < 1.29 is 24.7 Å². The van der Waals surface area contributed by atoms with Gasteiger partial charge in [0.15, 0.2) is 0 Å². The van der Waals surface area contributed by atoms with Crippen LogP contribution in [0.1, 0.15) is 12.6 Å².